The highest BCUT2D eigenvalue weighted by Crippen LogP contribution is 2.48. The first kappa shape index (κ1) is 44.2. The van der Waals surface area contributed by atoms with Crippen molar-refractivity contribution in [3.8, 4) is 0 Å². The second-order valence-corrected chi connectivity index (χ2v) is 26.9. The van der Waals surface area contributed by atoms with Gasteiger partial charge < -0.3 is 76.1 Å². The number of fused-ring (bicyclic) bond motifs is 3. The van der Waals surface area contributed by atoms with Crippen LogP contribution in [0.2, 0.25) is 0 Å². The van der Waals surface area contributed by atoms with Gasteiger partial charge in [0.25, 0.3) is 0 Å². The molecule has 582 valence electrons. The van der Waals surface area contributed by atoms with Crippen LogP contribution in [0.3, 0.4) is 0 Å². The molecule has 0 saturated heterocycles. The topological polar surface area (TPSA) is 415 Å². The number of halogens is 3. The van der Waals surface area contributed by atoms with Gasteiger partial charge in [-0.3, -0.25) is 0 Å². The van der Waals surface area contributed by atoms with E-state index in [1.165, 1.54) is 20.8 Å². The van der Waals surface area contributed by atoms with Gasteiger partial charge in [0.05, 0.1) is 115 Å². The van der Waals surface area contributed by atoms with E-state index in [0.29, 0.717) is 36.5 Å². The van der Waals surface area contributed by atoms with E-state index in [1.807, 2.05) is 20.8 Å². The van der Waals surface area contributed by atoms with Crippen molar-refractivity contribution in [1.82, 2.24) is 74.9 Å². The van der Waals surface area contributed by atoms with Crippen LogP contribution >= 0.6 is 35.3 Å². The number of aliphatic hydroxyl groups is 9. The second-order valence-electron chi connectivity index (χ2n) is 23.7. The summed E-state index contributed by atoms with van der Waals surface area (Å²) in [5.74, 6) is -7.85. The van der Waals surface area contributed by atoms with E-state index >= 15 is 0 Å². The van der Waals surface area contributed by atoms with Gasteiger partial charge >= 0.3 is 0 Å². The Kier molecular flexibility index (Phi) is 14.3. The summed E-state index contributed by atoms with van der Waals surface area (Å²) in [4.78, 5) is 25.8. The van der Waals surface area contributed by atoms with Gasteiger partial charge in [-0.25, -0.2) is 57.1 Å². The fourth-order valence-corrected chi connectivity index (χ4v) is 12.4. The molecule has 0 aliphatic heterocycles. The predicted molar refractivity (Wildman–Crippen MR) is 398 cm³/mol. The summed E-state index contributed by atoms with van der Waals surface area (Å²) in [5, 5.41) is 126. The summed E-state index contributed by atoms with van der Waals surface area (Å²) >= 11 is 3.17. The Bertz CT molecular complexity index is 6370. The molecule has 15 rings (SSSR count). The Morgan fingerprint density at radius 1 is 0.472 bits per heavy atom. The van der Waals surface area contributed by atoms with Crippen LogP contribution in [0.1, 0.15) is 200 Å². The van der Waals surface area contributed by atoms with Gasteiger partial charge in [-0.05, 0) is 111 Å². The maximum absolute atomic E-state index is 14.8. The number of thioether (sulfide) groups is 3. The van der Waals surface area contributed by atoms with E-state index < -0.39 is 261 Å². The lowest BCUT2D eigenvalue weighted by molar-refractivity contribution is -0.0629. The number of nitrogens with zero attached hydrogens (tertiary/aromatic N) is 15. The summed E-state index contributed by atoms with van der Waals surface area (Å²) in [6.07, 6.45) is -46.5. The fourth-order valence-electron chi connectivity index (χ4n) is 10.3. The lowest BCUT2D eigenvalue weighted by atomic mass is 10.1. The van der Waals surface area contributed by atoms with Crippen LogP contribution in [0.25, 0.3) is 33.5 Å². The molecule has 12 N–H and O–H groups in total. The lowest BCUT2D eigenvalue weighted by Gasteiger charge is -2.17. The lowest BCUT2D eigenvalue weighted by Crippen LogP contribution is -2.33. The Labute approximate surface area is 686 Å². The molecule has 6 heterocycles. The van der Waals surface area contributed by atoms with Crippen molar-refractivity contribution in [2.45, 2.75) is 223 Å². The van der Waals surface area contributed by atoms with Crippen molar-refractivity contribution in [2.75, 3.05) is 72.7 Å². The van der Waals surface area contributed by atoms with Crippen molar-refractivity contribution in [2.24, 2.45) is 0 Å². The summed E-state index contributed by atoms with van der Waals surface area (Å²) < 4.78 is 374. The normalized spacial score (nSPS) is 44.9. The highest BCUT2D eigenvalue weighted by Gasteiger charge is 2.49. The molecule has 6 aliphatic carbocycles. The Morgan fingerprint density at radius 2 is 0.778 bits per heavy atom. The molecule has 6 aliphatic rings. The van der Waals surface area contributed by atoms with Crippen molar-refractivity contribution in [1.29, 1.82) is 0 Å². The summed E-state index contributed by atoms with van der Waals surface area (Å²) in [6, 6.07) is -19.2. The van der Waals surface area contributed by atoms with E-state index in [4.69, 9.17) is 61.6 Å². The van der Waals surface area contributed by atoms with Gasteiger partial charge in [-0.15, -0.1) is 15.3 Å². The van der Waals surface area contributed by atoms with Crippen LogP contribution in [-0.2, 0) is 14.2 Å². The molecule has 9 aromatic rings. The van der Waals surface area contributed by atoms with Crippen molar-refractivity contribution < 1.29 is 125 Å². The minimum absolute atomic E-state index is 0.0394. The van der Waals surface area contributed by atoms with Gasteiger partial charge in [0.1, 0.15) is 53.9 Å². The van der Waals surface area contributed by atoms with Crippen LogP contribution < -0.4 is 16.0 Å². The Morgan fingerprint density at radius 3 is 1.06 bits per heavy atom. The summed E-state index contributed by atoms with van der Waals surface area (Å²) in [6.45, 7) is -8.23. The first-order valence-electron chi connectivity index (χ1n) is 51.7. The molecular formula is C72H93F3N18O12S3. The zero-order chi connectivity index (χ0) is 110. The maximum atomic E-state index is 14.8. The van der Waals surface area contributed by atoms with Gasteiger partial charge in [-0.2, -0.15) is 0 Å². The van der Waals surface area contributed by atoms with Crippen LogP contribution in [0.4, 0.5) is 30.6 Å². The van der Waals surface area contributed by atoms with Gasteiger partial charge in [-0.1, -0.05) is 108 Å². The highest BCUT2D eigenvalue weighted by atomic mass is 32.2. The minimum atomic E-state index is -4.31. The standard InChI is InChI=1S/3C24H31FN6O4S/c3*1-3-8-36-24-27-22(26-16-10-14(16)13-5-4-12(2)15(25)9-13)19-23(28-24)31(30-29-19)17-11-18(35-7-6-32)21(34)20(17)33/h3*4-5,9,14,16-18,20-21,32-34H,3,6-8,10-11H2,1-2H3,(H,26,27,28)/t3*14-,16+,17+,18-,20-,21+/m000/s1/i4D,5D,6D2,7D2,9D,11D2,14D,17D,18D,20D,21D;2*4D,5D,6D2,9D,11D2,14D,17D,18D,20D,21D. The molecule has 0 bridgehead atoms. The molecular weight excluding hydrogens is 1460 g/mol. The Hall–Kier alpha value is -7.14. The monoisotopic (exact) mass is 1590 g/mol. The largest absolute Gasteiger partial charge is 0.394 e. The van der Waals surface area contributed by atoms with Crippen LogP contribution in [0.5, 0.6) is 0 Å². The van der Waals surface area contributed by atoms with Gasteiger partial charge in [0, 0.05) is 84.5 Å². The number of nitrogens with one attached hydrogen (secondary N) is 3. The minimum Gasteiger partial charge on any atom is -0.394 e. The SMILES string of the molecule is [2H]c1c([2H])c([C@]2([2H])C[C@H]2Nc2nc(SCCC)nc3c2nnn3[C@]2([2H])C([2H])([2H])[C@]([2H])(OC([2H])([2H])C([2H])([2H])O)[C@@]([2H])(O)[C@@]2([2H])O)c([2H])c(F)c1C.[2H]c1c([2H])c([C@]2([2H])C[C@H]2Nc2nc(SCCC)nc3c2nnn3[C@]2([2H])C([2H])([2H])[C@]([2H])(OCC([2H])([2H])O)[C@@]([2H])(O)[C@@]2([2H])O)c([2H])c(F)c1C.[2H]c1c([2H])c([C@]2([2H])C[C@H]2Nc2nc(SCCC)nc3c2nnn3[C@]2([2H])C([2H])([2H])[C@]([2H])(OCC([2H])([2H])O)[C@@]([2H])(O)[C@@]2([2H])O)c([2H])c(F)c1C. The second kappa shape index (κ2) is 35.1. The molecule has 36 heteroatoms. The first-order chi connectivity index (χ1) is 66.3. The number of anilines is 3. The molecule has 0 amide bonds. The average Bonchev–Trinajstić information content (AvgIpc) is 1.49. The number of benzene rings is 3. The number of rotatable bonds is 30. The van der Waals surface area contributed by atoms with Gasteiger partial charge in [0.2, 0.25) is 0 Å². The molecule has 0 unspecified atom stereocenters. The first-order valence-corrected chi connectivity index (χ1v) is 35.7. The van der Waals surface area contributed by atoms with E-state index in [-0.39, 0.29) is 111 Å². The molecule has 0 spiro atoms. The van der Waals surface area contributed by atoms with E-state index in [2.05, 4.69) is 81.5 Å². The molecule has 3 aromatic carbocycles. The van der Waals surface area contributed by atoms with Crippen molar-refractivity contribution in [3.05, 3.63) is 105 Å². The molecule has 0 radical (unpaired) electrons. The zero-order valence-corrected chi connectivity index (χ0v) is 59.8. The number of aromatic nitrogens is 15. The molecule has 6 saturated carbocycles. The summed E-state index contributed by atoms with van der Waals surface area (Å²) in [7, 11) is 0. The van der Waals surface area contributed by atoms with Crippen molar-refractivity contribution in [3.63, 3.8) is 0 Å². The van der Waals surface area contributed by atoms with Gasteiger partial charge in [0.15, 0.2) is 66.4 Å². The van der Waals surface area contributed by atoms with Crippen LogP contribution in [0.15, 0.2) is 69.9 Å². The molecule has 30 nitrogen and oxygen atoms in total. The van der Waals surface area contributed by atoms with Crippen LogP contribution in [0, 0.1) is 38.2 Å². The number of hydrogen-bond acceptors (Lipinski definition) is 30. The third-order valence-corrected chi connectivity index (χ3v) is 19.2. The third-order valence-electron chi connectivity index (χ3n) is 16.0. The predicted octanol–water partition coefficient (Wildman–Crippen LogP) is 6.55. The van der Waals surface area contributed by atoms with Crippen molar-refractivity contribution >= 4 is 86.2 Å². The third kappa shape index (κ3) is 17.5. The maximum Gasteiger partial charge on any atom is 0.191 e. The Balaban J connectivity index is 0.000000183. The smallest absolute Gasteiger partial charge is 0.191 e. The zero-order valence-electron chi connectivity index (χ0n) is 95.3. The molecule has 6 fully saturated rings. The molecule has 6 aromatic heterocycles. The molecule has 108 heavy (non-hydrogen) atoms. The summed E-state index contributed by atoms with van der Waals surface area (Å²) in [5.41, 5.74) is -4.49. The number of hydrogen-bond donors (Lipinski definition) is 12. The average molecular weight is 1590 g/mol. The quantitative estimate of drug-likeness (QED) is 0.0168. The van der Waals surface area contributed by atoms with Crippen LogP contribution in [-0.4, -0.2) is 250 Å². The van der Waals surface area contributed by atoms with E-state index in [9.17, 15) is 59.1 Å². The highest BCUT2D eigenvalue weighted by molar-refractivity contribution is 7.99. The van der Waals surface area contributed by atoms with E-state index in [0.717, 1.165) is 35.3 Å². The molecule has 18 atom stereocenters. The number of ether oxygens (including phenoxy) is 3. The fraction of sp³-hybridized carbons (Fsp3) is 0.583. The van der Waals surface area contributed by atoms with E-state index in [1.54, 1.807) is 0 Å².